The highest BCUT2D eigenvalue weighted by molar-refractivity contribution is 7.99. The van der Waals surface area contributed by atoms with E-state index in [0.717, 1.165) is 37.3 Å². The van der Waals surface area contributed by atoms with E-state index < -0.39 is 0 Å². The number of amides is 1. The number of carbonyl (C=O) groups is 1. The fraction of sp³-hybridized carbons (Fsp3) is 0.750. The zero-order valence-electron chi connectivity index (χ0n) is 9.78. The largest absolute Gasteiger partial charge is 0.355 e. The Balaban J connectivity index is 2.16. The van der Waals surface area contributed by atoms with Crippen LogP contribution in [0.3, 0.4) is 0 Å². The summed E-state index contributed by atoms with van der Waals surface area (Å²) in [5, 5.41) is 3.00. The lowest BCUT2D eigenvalue weighted by molar-refractivity contribution is -0.125. The number of nitrogens with one attached hydrogen (secondary N) is 1. The van der Waals surface area contributed by atoms with E-state index >= 15 is 0 Å². The Morgan fingerprint density at radius 3 is 3.06 bits per heavy atom. The zero-order chi connectivity index (χ0) is 11.8. The fourth-order valence-electron chi connectivity index (χ4n) is 2.21. The molecule has 0 aromatic rings. The molecule has 2 atom stereocenters. The summed E-state index contributed by atoms with van der Waals surface area (Å²) in [5.74, 6) is 2.67. The van der Waals surface area contributed by atoms with Gasteiger partial charge in [-0.05, 0) is 25.3 Å². The predicted octanol–water partition coefficient (Wildman–Crippen LogP) is 1.40. The number of thioether (sulfide) groups is 1. The molecule has 0 aromatic heterocycles. The number of rotatable bonds is 7. The molecule has 1 fully saturated rings. The monoisotopic (exact) mass is 242 g/mol. The van der Waals surface area contributed by atoms with Gasteiger partial charge >= 0.3 is 0 Å². The molecule has 3 nitrogen and oxygen atoms in total. The molecular formula is C12H22N2OS. The van der Waals surface area contributed by atoms with Crippen LogP contribution in [0.25, 0.3) is 0 Å². The number of hydrogen-bond acceptors (Lipinski definition) is 3. The maximum absolute atomic E-state index is 11.9. The SMILES string of the molecule is C=CCSCCNC(=O)C1CCCC1CN. The van der Waals surface area contributed by atoms with Gasteiger partial charge in [-0.15, -0.1) is 6.58 Å². The molecule has 0 heterocycles. The molecule has 4 heteroatoms. The van der Waals surface area contributed by atoms with Crippen LogP contribution in [0.4, 0.5) is 0 Å². The van der Waals surface area contributed by atoms with Crippen molar-refractivity contribution in [2.45, 2.75) is 19.3 Å². The summed E-state index contributed by atoms with van der Waals surface area (Å²) >= 11 is 1.79. The third kappa shape index (κ3) is 4.18. The number of carbonyl (C=O) groups excluding carboxylic acids is 1. The summed E-state index contributed by atoms with van der Waals surface area (Å²) in [7, 11) is 0. The molecule has 1 aliphatic rings. The van der Waals surface area contributed by atoms with Crippen molar-refractivity contribution in [3.05, 3.63) is 12.7 Å². The van der Waals surface area contributed by atoms with E-state index in [1.807, 2.05) is 6.08 Å². The maximum Gasteiger partial charge on any atom is 0.223 e. The van der Waals surface area contributed by atoms with E-state index in [0.29, 0.717) is 12.5 Å². The molecule has 0 saturated heterocycles. The van der Waals surface area contributed by atoms with Gasteiger partial charge in [-0.2, -0.15) is 11.8 Å². The smallest absolute Gasteiger partial charge is 0.223 e. The highest BCUT2D eigenvalue weighted by Gasteiger charge is 2.31. The van der Waals surface area contributed by atoms with Crippen molar-refractivity contribution < 1.29 is 4.79 Å². The molecule has 16 heavy (non-hydrogen) atoms. The van der Waals surface area contributed by atoms with Crippen LogP contribution in [0, 0.1) is 11.8 Å². The van der Waals surface area contributed by atoms with E-state index in [2.05, 4.69) is 11.9 Å². The van der Waals surface area contributed by atoms with Gasteiger partial charge in [-0.25, -0.2) is 0 Å². The minimum absolute atomic E-state index is 0.161. The third-order valence-electron chi connectivity index (χ3n) is 3.08. The molecule has 2 unspecified atom stereocenters. The summed E-state index contributed by atoms with van der Waals surface area (Å²) in [6, 6.07) is 0. The molecule has 1 rings (SSSR count). The van der Waals surface area contributed by atoms with Crippen molar-refractivity contribution in [1.29, 1.82) is 0 Å². The Hall–Kier alpha value is -0.480. The minimum Gasteiger partial charge on any atom is -0.355 e. The molecule has 0 bridgehead atoms. The topological polar surface area (TPSA) is 55.1 Å². The highest BCUT2D eigenvalue weighted by atomic mass is 32.2. The lowest BCUT2D eigenvalue weighted by atomic mass is 9.95. The Bertz CT molecular complexity index is 233. The van der Waals surface area contributed by atoms with Gasteiger partial charge in [0.2, 0.25) is 5.91 Å². The van der Waals surface area contributed by atoms with Gasteiger partial charge in [0.15, 0.2) is 0 Å². The predicted molar refractivity (Wildman–Crippen MR) is 70.4 cm³/mol. The molecular weight excluding hydrogens is 220 g/mol. The molecule has 92 valence electrons. The van der Waals surface area contributed by atoms with Gasteiger partial charge in [0.05, 0.1) is 0 Å². The molecule has 1 saturated carbocycles. The molecule has 0 aliphatic heterocycles. The van der Waals surface area contributed by atoms with Gasteiger partial charge < -0.3 is 11.1 Å². The summed E-state index contributed by atoms with van der Waals surface area (Å²) in [5.41, 5.74) is 5.66. The van der Waals surface area contributed by atoms with Crippen molar-refractivity contribution in [2.75, 3.05) is 24.6 Å². The Labute approximate surface area is 102 Å². The van der Waals surface area contributed by atoms with E-state index in [4.69, 9.17) is 5.73 Å². The minimum atomic E-state index is 0.161. The first kappa shape index (κ1) is 13.6. The second-order valence-corrected chi connectivity index (χ2v) is 5.34. The Morgan fingerprint density at radius 2 is 2.38 bits per heavy atom. The first-order valence-corrected chi connectivity index (χ1v) is 7.11. The molecule has 0 radical (unpaired) electrons. The fourth-order valence-corrected chi connectivity index (χ4v) is 2.79. The van der Waals surface area contributed by atoms with Crippen LogP contribution in [0.1, 0.15) is 19.3 Å². The molecule has 0 spiro atoms. The second-order valence-electron chi connectivity index (χ2n) is 4.19. The van der Waals surface area contributed by atoms with Gasteiger partial charge in [-0.1, -0.05) is 12.5 Å². The maximum atomic E-state index is 11.9. The lowest BCUT2D eigenvalue weighted by Crippen LogP contribution is -2.36. The van der Waals surface area contributed by atoms with Gasteiger partial charge in [0.1, 0.15) is 0 Å². The average molecular weight is 242 g/mol. The standard InChI is InChI=1S/C12H22N2OS/c1-2-7-16-8-6-14-12(15)11-5-3-4-10(11)9-13/h2,10-11H,1,3-9,13H2,(H,14,15). The zero-order valence-corrected chi connectivity index (χ0v) is 10.6. The van der Waals surface area contributed by atoms with Crippen molar-refractivity contribution in [3.8, 4) is 0 Å². The number of hydrogen-bond donors (Lipinski definition) is 2. The van der Waals surface area contributed by atoms with E-state index in [-0.39, 0.29) is 11.8 Å². The van der Waals surface area contributed by atoms with Crippen LogP contribution in [-0.2, 0) is 4.79 Å². The van der Waals surface area contributed by atoms with Gasteiger partial charge in [-0.3, -0.25) is 4.79 Å². The van der Waals surface area contributed by atoms with Crippen LogP contribution in [0.2, 0.25) is 0 Å². The van der Waals surface area contributed by atoms with Crippen LogP contribution in [-0.4, -0.2) is 30.5 Å². The summed E-state index contributed by atoms with van der Waals surface area (Å²) in [4.78, 5) is 11.9. The van der Waals surface area contributed by atoms with Crippen LogP contribution in [0.5, 0.6) is 0 Å². The lowest BCUT2D eigenvalue weighted by Gasteiger charge is -2.17. The molecule has 0 aromatic carbocycles. The van der Waals surface area contributed by atoms with Crippen molar-refractivity contribution in [2.24, 2.45) is 17.6 Å². The van der Waals surface area contributed by atoms with E-state index in [9.17, 15) is 4.79 Å². The van der Waals surface area contributed by atoms with E-state index in [1.54, 1.807) is 11.8 Å². The average Bonchev–Trinajstić information content (AvgIpc) is 2.76. The van der Waals surface area contributed by atoms with Crippen molar-refractivity contribution >= 4 is 17.7 Å². The third-order valence-corrected chi connectivity index (χ3v) is 4.04. The molecule has 1 amide bonds. The van der Waals surface area contributed by atoms with Crippen LogP contribution in [0.15, 0.2) is 12.7 Å². The molecule has 3 N–H and O–H groups in total. The summed E-state index contributed by atoms with van der Waals surface area (Å²) in [6.45, 7) is 5.05. The first-order chi connectivity index (χ1) is 7.79. The Morgan fingerprint density at radius 1 is 1.56 bits per heavy atom. The van der Waals surface area contributed by atoms with E-state index in [1.165, 1.54) is 0 Å². The van der Waals surface area contributed by atoms with Gasteiger partial charge in [0, 0.05) is 24.0 Å². The quantitative estimate of drug-likeness (QED) is 0.524. The Kier molecular flexibility index (Phi) is 6.57. The van der Waals surface area contributed by atoms with Crippen molar-refractivity contribution in [3.63, 3.8) is 0 Å². The summed E-state index contributed by atoms with van der Waals surface area (Å²) < 4.78 is 0. The van der Waals surface area contributed by atoms with Crippen LogP contribution < -0.4 is 11.1 Å². The normalized spacial score (nSPS) is 24.3. The summed E-state index contributed by atoms with van der Waals surface area (Å²) in [6.07, 6.45) is 5.15. The second kappa shape index (κ2) is 7.74. The molecule has 1 aliphatic carbocycles. The van der Waals surface area contributed by atoms with Crippen molar-refractivity contribution in [1.82, 2.24) is 5.32 Å². The van der Waals surface area contributed by atoms with Crippen LogP contribution >= 0.6 is 11.8 Å². The van der Waals surface area contributed by atoms with Gasteiger partial charge in [0.25, 0.3) is 0 Å². The number of nitrogens with two attached hydrogens (primary N) is 1. The first-order valence-electron chi connectivity index (χ1n) is 5.96. The highest BCUT2D eigenvalue weighted by Crippen LogP contribution is 2.30.